The molecule has 0 saturated heterocycles. The number of rotatable bonds is 2. The van der Waals surface area contributed by atoms with Crippen LogP contribution in [0.2, 0.25) is 0 Å². The first-order valence-electron chi connectivity index (χ1n) is 3.10. The van der Waals surface area contributed by atoms with Crippen molar-refractivity contribution in [1.29, 1.82) is 0 Å². The van der Waals surface area contributed by atoms with E-state index in [1.165, 1.54) is 0 Å². The van der Waals surface area contributed by atoms with Crippen molar-refractivity contribution in [3.63, 3.8) is 0 Å². The molecular formula is C7H11N3. The van der Waals surface area contributed by atoms with Crippen LogP contribution in [0.15, 0.2) is 25.2 Å². The second kappa shape index (κ2) is 2.66. The third-order valence-electron chi connectivity index (χ3n) is 1.32. The number of imidazole rings is 1. The monoisotopic (exact) mass is 137 g/mol. The van der Waals surface area contributed by atoms with Crippen molar-refractivity contribution in [1.82, 2.24) is 9.55 Å². The number of nitrogens with zero attached hydrogens (tertiary/aromatic N) is 2. The van der Waals surface area contributed by atoms with E-state index in [0.29, 0.717) is 0 Å². The van der Waals surface area contributed by atoms with Crippen molar-refractivity contribution in [3.05, 3.63) is 30.9 Å². The Labute approximate surface area is 60.2 Å². The SMILES string of the molecule is C=CC(N)c1cn(C)cn1. The van der Waals surface area contributed by atoms with Gasteiger partial charge in [-0.25, -0.2) is 4.98 Å². The predicted octanol–water partition coefficient (Wildman–Crippen LogP) is 0.606. The summed E-state index contributed by atoms with van der Waals surface area (Å²) in [6.45, 7) is 3.57. The highest BCUT2D eigenvalue weighted by molar-refractivity contribution is 5.08. The van der Waals surface area contributed by atoms with E-state index in [1.807, 2.05) is 17.8 Å². The molecule has 0 bridgehead atoms. The summed E-state index contributed by atoms with van der Waals surface area (Å²) >= 11 is 0. The summed E-state index contributed by atoms with van der Waals surface area (Å²) < 4.78 is 1.86. The minimum atomic E-state index is -0.138. The first kappa shape index (κ1) is 7.02. The molecular weight excluding hydrogens is 126 g/mol. The van der Waals surface area contributed by atoms with Crippen molar-refractivity contribution in [3.8, 4) is 0 Å². The lowest BCUT2D eigenvalue weighted by molar-refractivity contribution is 0.869. The quantitative estimate of drug-likeness (QED) is 0.607. The fourth-order valence-electron chi connectivity index (χ4n) is 0.726. The van der Waals surface area contributed by atoms with Gasteiger partial charge in [-0.1, -0.05) is 6.08 Å². The van der Waals surface area contributed by atoms with Gasteiger partial charge >= 0.3 is 0 Å². The van der Waals surface area contributed by atoms with Gasteiger partial charge in [0.25, 0.3) is 0 Å². The smallest absolute Gasteiger partial charge is 0.0947 e. The summed E-state index contributed by atoms with van der Waals surface area (Å²) in [4.78, 5) is 4.05. The Morgan fingerprint density at radius 1 is 1.90 bits per heavy atom. The molecule has 1 unspecified atom stereocenters. The molecule has 0 saturated carbocycles. The van der Waals surface area contributed by atoms with Crippen LogP contribution in [0.3, 0.4) is 0 Å². The molecule has 1 aromatic rings. The van der Waals surface area contributed by atoms with Gasteiger partial charge in [0.15, 0.2) is 0 Å². The van der Waals surface area contributed by atoms with Crippen molar-refractivity contribution in [2.45, 2.75) is 6.04 Å². The van der Waals surface area contributed by atoms with E-state index in [4.69, 9.17) is 5.73 Å². The van der Waals surface area contributed by atoms with Crippen molar-refractivity contribution in [2.24, 2.45) is 12.8 Å². The minimum Gasteiger partial charge on any atom is -0.340 e. The Bertz CT molecular complexity index is 227. The summed E-state index contributed by atoms with van der Waals surface area (Å²) in [5.41, 5.74) is 6.47. The maximum Gasteiger partial charge on any atom is 0.0947 e. The zero-order valence-electron chi connectivity index (χ0n) is 5.99. The predicted molar refractivity (Wildman–Crippen MR) is 40.3 cm³/mol. The molecule has 0 aliphatic rings. The Hall–Kier alpha value is -1.09. The molecule has 0 amide bonds. The summed E-state index contributed by atoms with van der Waals surface area (Å²) in [5.74, 6) is 0. The van der Waals surface area contributed by atoms with E-state index in [-0.39, 0.29) is 6.04 Å². The van der Waals surface area contributed by atoms with Crippen LogP contribution >= 0.6 is 0 Å². The Morgan fingerprint density at radius 2 is 2.60 bits per heavy atom. The largest absolute Gasteiger partial charge is 0.340 e. The minimum absolute atomic E-state index is 0.138. The Balaban J connectivity index is 2.84. The number of nitrogens with two attached hydrogens (primary N) is 1. The first-order valence-corrected chi connectivity index (χ1v) is 3.10. The molecule has 3 nitrogen and oxygen atoms in total. The highest BCUT2D eigenvalue weighted by atomic mass is 15.0. The van der Waals surface area contributed by atoms with Crippen LogP contribution in [0.25, 0.3) is 0 Å². The molecule has 0 spiro atoms. The fourth-order valence-corrected chi connectivity index (χ4v) is 0.726. The first-order chi connectivity index (χ1) is 4.74. The molecule has 1 rings (SSSR count). The van der Waals surface area contributed by atoms with Crippen molar-refractivity contribution >= 4 is 0 Å². The summed E-state index contributed by atoms with van der Waals surface area (Å²) in [7, 11) is 1.91. The molecule has 0 aliphatic carbocycles. The van der Waals surface area contributed by atoms with Gasteiger partial charge < -0.3 is 10.3 Å². The van der Waals surface area contributed by atoms with Crippen LogP contribution < -0.4 is 5.73 Å². The van der Waals surface area contributed by atoms with Gasteiger partial charge in [-0.2, -0.15) is 0 Å². The highest BCUT2D eigenvalue weighted by Crippen LogP contribution is 2.05. The molecule has 3 heteroatoms. The van der Waals surface area contributed by atoms with Gasteiger partial charge in [-0.3, -0.25) is 0 Å². The second-order valence-corrected chi connectivity index (χ2v) is 2.23. The van der Waals surface area contributed by atoms with Crippen LogP contribution in [0.1, 0.15) is 11.7 Å². The molecule has 10 heavy (non-hydrogen) atoms. The topological polar surface area (TPSA) is 43.8 Å². The van der Waals surface area contributed by atoms with Crippen molar-refractivity contribution < 1.29 is 0 Å². The highest BCUT2D eigenvalue weighted by Gasteiger charge is 2.01. The summed E-state index contributed by atoms with van der Waals surface area (Å²) in [6.07, 6.45) is 5.27. The van der Waals surface area contributed by atoms with Gasteiger partial charge in [-0.05, 0) is 0 Å². The van der Waals surface area contributed by atoms with E-state index >= 15 is 0 Å². The number of hydrogen-bond acceptors (Lipinski definition) is 2. The fraction of sp³-hybridized carbons (Fsp3) is 0.286. The molecule has 1 aromatic heterocycles. The van der Waals surface area contributed by atoms with Crippen LogP contribution in [0.4, 0.5) is 0 Å². The second-order valence-electron chi connectivity index (χ2n) is 2.23. The number of aromatic nitrogens is 2. The molecule has 54 valence electrons. The third kappa shape index (κ3) is 1.25. The maximum atomic E-state index is 5.61. The molecule has 2 N–H and O–H groups in total. The third-order valence-corrected chi connectivity index (χ3v) is 1.32. The van der Waals surface area contributed by atoms with Gasteiger partial charge in [0.1, 0.15) is 0 Å². The lowest BCUT2D eigenvalue weighted by Crippen LogP contribution is -2.06. The number of hydrogen-bond donors (Lipinski definition) is 1. The van der Waals surface area contributed by atoms with E-state index < -0.39 is 0 Å². The van der Waals surface area contributed by atoms with E-state index in [1.54, 1.807) is 12.4 Å². The molecule has 1 heterocycles. The van der Waals surface area contributed by atoms with Gasteiger partial charge in [0, 0.05) is 13.2 Å². The lowest BCUT2D eigenvalue weighted by atomic mass is 10.2. The standard InChI is InChI=1S/C7H11N3/c1-3-6(8)7-4-10(2)5-9-7/h3-6H,1,8H2,2H3. The molecule has 1 atom stereocenters. The van der Waals surface area contributed by atoms with Crippen LogP contribution in [0, 0.1) is 0 Å². The van der Waals surface area contributed by atoms with Crippen molar-refractivity contribution in [2.75, 3.05) is 0 Å². The normalized spacial score (nSPS) is 13.0. The summed E-state index contributed by atoms with van der Waals surface area (Å²) in [5, 5.41) is 0. The zero-order valence-corrected chi connectivity index (χ0v) is 5.99. The number of aryl methyl sites for hydroxylation is 1. The van der Waals surface area contributed by atoms with Gasteiger partial charge in [0.2, 0.25) is 0 Å². The molecule has 0 radical (unpaired) electrons. The zero-order chi connectivity index (χ0) is 7.56. The van der Waals surface area contributed by atoms with Crippen LogP contribution in [-0.2, 0) is 7.05 Å². The average molecular weight is 137 g/mol. The van der Waals surface area contributed by atoms with Crippen LogP contribution in [0.5, 0.6) is 0 Å². The maximum absolute atomic E-state index is 5.61. The van der Waals surface area contributed by atoms with E-state index in [9.17, 15) is 0 Å². The molecule has 0 fully saturated rings. The average Bonchev–Trinajstić information content (AvgIpc) is 2.34. The van der Waals surface area contributed by atoms with Crippen LogP contribution in [-0.4, -0.2) is 9.55 Å². The molecule has 0 aromatic carbocycles. The Morgan fingerprint density at radius 3 is 3.00 bits per heavy atom. The Kier molecular flexibility index (Phi) is 1.87. The van der Waals surface area contributed by atoms with Gasteiger partial charge in [0.05, 0.1) is 18.1 Å². The lowest BCUT2D eigenvalue weighted by Gasteiger charge is -1.98. The van der Waals surface area contributed by atoms with Gasteiger partial charge in [-0.15, -0.1) is 6.58 Å². The van der Waals surface area contributed by atoms with E-state index in [2.05, 4.69) is 11.6 Å². The van der Waals surface area contributed by atoms with E-state index in [0.717, 1.165) is 5.69 Å². The molecule has 0 aliphatic heterocycles. The summed E-state index contributed by atoms with van der Waals surface area (Å²) in [6, 6.07) is -0.138.